The SMILES string of the molecule is Cc1ccc(/C=C/C2=CC=NC3=NC(N4CCCCC4)=NC(=O)C23)cc1. The van der Waals surface area contributed by atoms with Crippen molar-refractivity contribution in [3.63, 3.8) is 0 Å². The fourth-order valence-corrected chi connectivity index (χ4v) is 3.41. The second-order valence-corrected chi connectivity index (χ2v) is 6.89. The first kappa shape index (κ1) is 16.6. The second kappa shape index (κ2) is 7.20. The smallest absolute Gasteiger partial charge is 0.264 e. The highest BCUT2D eigenvalue weighted by Gasteiger charge is 2.34. The van der Waals surface area contributed by atoms with E-state index in [1.807, 2.05) is 18.2 Å². The third-order valence-corrected chi connectivity index (χ3v) is 4.92. The third kappa shape index (κ3) is 3.43. The predicted octanol–water partition coefficient (Wildman–Crippen LogP) is 3.42. The summed E-state index contributed by atoms with van der Waals surface area (Å²) in [5, 5.41) is 0. The average molecular weight is 346 g/mol. The number of piperidine rings is 1. The molecule has 26 heavy (non-hydrogen) atoms. The minimum absolute atomic E-state index is 0.174. The first-order valence-corrected chi connectivity index (χ1v) is 9.16. The number of rotatable bonds is 2. The van der Waals surface area contributed by atoms with Gasteiger partial charge in [-0.15, -0.1) is 0 Å². The summed E-state index contributed by atoms with van der Waals surface area (Å²) in [6, 6.07) is 8.27. The number of guanidine groups is 1. The Labute approximate surface area is 153 Å². The molecule has 0 aromatic heterocycles. The number of carbonyl (C=O) groups excluding carboxylic acids is 1. The van der Waals surface area contributed by atoms with Gasteiger partial charge in [0.2, 0.25) is 5.96 Å². The van der Waals surface area contributed by atoms with Gasteiger partial charge in [0.25, 0.3) is 5.91 Å². The second-order valence-electron chi connectivity index (χ2n) is 6.89. The molecule has 1 aromatic rings. The van der Waals surface area contributed by atoms with E-state index in [0.29, 0.717) is 11.8 Å². The normalized spacial score (nSPS) is 22.8. The van der Waals surface area contributed by atoms with Gasteiger partial charge in [-0.25, -0.2) is 4.99 Å². The van der Waals surface area contributed by atoms with Crippen LogP contribution in [0.4, 0.5) is 0 Å². The van der Waals surface area contributed by atoms with Crippen LogP contribution in [0.5, 0.6) is 0 Å². The Morgan fingerprint density at radius 1 is 1.04 bits per heavy atom. The van der Waals surface area contributed by atoms with Crippen molar-refractivity contribution in [2.24, 2.45) is 20.9 Å². The van der Waals surface area contributed by atoms with Crippen LogP contribution in [0.15, 0.2) is 57.0 Å². The number of fused-ring (bicyclic) bond motifs is 1. The van der Waals surface area contributed by atoms with Gasteiger partial charge in [0, 0.05) is 19.3 Å². The fraction of sp³-hybridized carbons (Fsp3) is 0.333. The summed E-state index contributed by atoms with van der Waals surface area (Å²) in [6.45, 7) is 3.88. The number of amidine groups is 1. The molecule has 4 rings (SSSR count). The summed E-state index contributed by atoms with van der Waals surface area (Å²) in [6.07, 6.45) is 11.0. The quantitative estimate of drug-likeness (QED) is 0.824. The lowest BCUT2D eigenvalue weighted by Crippen LogP contribution is -2.40. The van der Waals surface area contributed by atoms with Crippen molar-refractivity contribution in [1.82, 2.24) is 4.90 Å². The van der Waals surface area contributed by atoms with Gasteiger partial charge in [-0.05, 0) is 43.4 Å². The lowest BCUT2D eigenvalue weighted by atomic mass is 9.93. The number of hydrogen-bond donors (Lipinski definition) is 0. The maximum atomic E-state index is 12.7. The van der Waals surface area contributed by atoms with E-state index in [1.165, 1.54) is 12.0 Å². The van der Waals surface area contributed by atoms with Crippen LogP contribution in [0.25, 0.3) is 6.08 Å². The first-order chi connectivity index (χ1) is 12.7. The molecule has 0 bridgehead atoms. The molecule has 3 heterocycles. The van der Waals surface area contributed by atoms with Crippen LogP contribution in [0, 0.1) is 12.8 Å². The van der Waals surface area contributed by atoms with Gasteiger partial charge in [0.1, 0.15) is 11.8 Å². The number of likely N-dealkylation sites (tertiary alicyclic amines) is 1. The van der Waals surface area contributed by atoms with E-state index >= 15 is 0 Å². The Kier molecular flexibility index (Phi) is 4.61. The summed E-state index contributed by atoms with van der Waals surface area (Å²) in [5.74, 6) is 0.418. The Hall–Kier alpha value is -2.82. The minimum Gasteiger partial charge on any atom is -0.341 e. The monoisotopic (exact) mass is 346 g/mol. The Bertz CT molecular complexity index is 853. The molecule has 0 aliphatic carbocycles. The molecule has 0 spiro atoms. The minimum atomic E-state index is -0.491. The summed E-state index contributed by atoms with van der Waals surface area (Å²) in [7, 11) is 0. The van der Waals surface area contributed by atoms with Gasteiger partial charge < -0.3 is 4.90 Å². The molecule has 0 saturated carbocycles. The fourth-order valence-electron chi connectivity index (χ4n) is 3.41. The topological polar surface area (TPSA) is 57.4 Å². The number of benzene rings is 1. The largest absolute Gasteiger partial charge is 0.341 e. The van der Waals surface area contributed by atoms with Crippen molar-refractivity contribution in [3.05, 3.63) is 53.1 Å². The number of amides is 1. The van der Waals surface area contributed by atoms with Crippen LogP contribution < -0.4 is 0 Å². The predicted molar refractivity (Wildman–Crippen MR) is 106 cm³/mol. The maximum Gasteiger partial charge on any atom is 0.264 e. The number of aliphatic imine (C=N–C) groups is 3. The van der Waals surface area contributed by atoms with E-state index in [2.05, 4.69) is 51.1 Å². The van der Waals surface area contributed by atoms with Gasteiger partial charge in [-0.1, -0.05) is 42.0 Å². The number of aryl methyl sites for hydroxylation is 1. The zero-order valence-electron chi connectivity index (χ0n) is 14.9. The molecule has 1 unspecified atom stereocenters. The summed E-state index contributed by atoms with van der Waals surface area (Å²) in [4.78, 5) is 28.0. The summed E-state index contributed by atoms with van der Waals surface area (Å²) < 4.78 is 0. The summed E-state index contributed by atoms with van der Waals surface area (Å²) in [5.41, 5.74) is 3.20. The van der Waals surface area contributed by atoms with Crippen LogP contribution in [0.2, 0.25) is 0 Å². The molecule has 1 atom stereocenters. The molecule has 5 nitrogen and oxygen atoms in total. The van der Waals surface area contributed by atoms with E-state index < -0.39 is 5.92 Å². The molecule has 0 radical (unpaired) electrons. The van der Waals surface area contributed by atoms with Crippen LogP contribution in [-0.2, 0) is 4.79 Å². The van der Waals surface area contributed by atoms with E-state index in [4.69, 9.17) is 0 Å². The highest BCUT2D eigenvalue weighted by Crippen LogP contribution is 2.25. The molecule has 132 valence electrons. The zero-order valence-corrected chi connectivity index (χ0v) is 14.9. The highest BCUT2D eigenvalue weighted by molar-refractivity contribution is 6.20. The van der Waals surface area contributed by atoms with E-state index in [1.54, 1.807) is 6.21 Å². The molecular weight excluding hydrogens is 324 g/mol. The standard InChI is InChI=1S/C21H22N4O/c1-15-5-7-16(8-6-15)9-10-17-11-12-22-19-18(17)20(26)24-21(23-19)25-13-3-2-4-14-25/h5-12,18H,2-4,13-14H2,1H3/b10-9+. The van der Waals surface area contributed by atoms with Crippen molar-refractivity contribution >= 4 is 30.0 Å². The molecule has 3 aliphatic rings. The number of carbonyl (C=O) groups is 1. The molecule has 1 fully saturated rings. The van der Waals surface area contributed by atoms with Gasteiger partial charge in [-0.3, -0.25) is 4.79 Å². The van der Waals surface area contributed by atoms with Crippen molar-refractivity contribution in [2.45, 2.75) is 26.2 Å². The first-order valence-electron chi connectivity index (χ1n) is 9.16. The van der Waals surface area contributed by atoms with Crippen molar-refractivity contribution in [2.75, 3.05) is 13.1 Å². The van der Waals surface area contributed by atoms with Crippen molar-refractivity contribution in [1.29, 1.82) is 0 Å². The highest BCUT2D eigenvalue weighted by atomic mass is 16.1. The molecule has 1 amide bonds. The van der Waals surface area contributed by atoms with Crippen LogP contribution in [-0.4, -0.2) is 41.9 Å². The lowest BCUT2D eigenvalue weighted by Gasteiger charge is -2.30. The molecule has 1 aromatic carbocycles. The van der Waals surface area contributed by atoms with Gasteiger partial charge in [0.05, 0.1) is 0 Å². The number of dihydropyridines is 1. The van der Waals surface area contributed by atoms with Crippen LogP contribution in [0.3, 0.4) is 0 Å². The van der Waals surface area contributed by atoms with E-state index in [9.17, 15) is 4.79 Å². The van der Waals surface area contributed by atoms with E-state index in [0.717, 1.165) is 37.1 Å². The molecule has 0 N–H and O–H groups in total. The van der Waals surface area contributed by atoms with Gasteiger partial charge >= 0.3 is 0 Å². The summed E-state index contributed by atoms with van der Waals surface area (Å²) >= 11 is 0. The molecular formula is C21H22N4O. The maximum absolute atomic E-state index is 12.7. The molecule has 1 saturated heterocycles. The average Bonchev–Trinajstić information content (AvgIpc) is 2.68. The number of hydrogen-bond acceptors (Lipinski definition) is 4. The molecule has 3 aliphatic heterocycles. The van der Waals surface area contributed by atoms with Crippen LogP contribution >= 0.6 is 0 Å². The Morgan fingerprint density at radius 3 is 2.58 bits per heavy atom. The van der Waals surface area contributed by atoms with Gasteiger partial charge in [-0.2, -0.15) is 9.98 Å². The van der Waals surface area contributed by atoms with Crippen molar-refractivity contribution in [3.8, 4) is 0 Å². The lowest BCUT2D eigenvalue weighted by molar-refractivity contribution is -0.118. The number of nitrogens with zero attached hydrogens (tertiary/aromatic N) is 4. The molecule has 5 heteroatoms. The third-order valence-electron chi connectivity index (χ3n) is 4.92. The zero-order chi connectivity index (χ0) is 17.9. The van der Waals surface area contributed by atoms with Crippen molar-refractivity contribution < 1.29 is 4.79 Å². The number of allylic oxidation sites excluding steroid dienone is 2. The Balaban J connectivity index is 1.55. The van der Waals surface area contributed by atoms with Crippen LogP contribution in [0.1, 0.15) is 30.4 Å². The van der Waals surface area contributed by atoms with E-state index in [-0.39, 0.29) is 5.91 Å². The van der Waals surface area contributed by atoms with Gasteiger partial charge in [0.15, 0.2) is 0 Å². The Morgan fingerprint density at radius 2 is 1.81 bits per heavy atom.